The van der Waals surface area contributed by atoms with Gasteiger partial charge in [-0.3, -0.25) is 14.3 Å². The number of amides is 2. The maximum atomic E-state index is 12.9. The average molecular weight is 394 g/mol. The molecule has 2 aliphatic heterocycles. The molecule has 1 fully saturated rings. The summed E-state index contributed by atoms with van der Waals surface area (Å²) < 4.78 is 7.43. The summed E-state index contributed by atoms with van der Waals surface area (Å²) in [6, 6.07) is 7.36. The standard InChI is InChI=1S/C22H26N4O3/c1-25-14-17(13-23-25)22(28)26-11-10-19-16(15-26)7-3-2-6-12-29-20-9-5-4-8-18(20)21(27)24-19/h2-5,8-9,13-14,16,19H,6-7,10-12,15H2,1H3,(H,24,27)/b3-2+/t16-,19+/m0/s1. The number of hydrogen-bond donors (Lipinski definition) is 1. The van der Waals surface area contributed by atoms with Gasteiger partial charge in [0, 0.05) is 38.3 Å². The molecule has 1 saturated heterocycles. The van der Waals surface area contributed by atoms with E-state index < -0.39 is 0 Å². The van der Waals surface area contributed by atoms with Crippen molar-refractivity contribution in [3.63, 3.8) is 0 Å². The molecule has 1 aromatic carbocycles. The Hall–Kier alpha value is -3.09. The van der Waals surface area contributed by atoms with Crippen molar-refractivity contribution < 1.29 is 14.3 Å². The van der Waals surface area contributed by atoms with Gasteiger partial charge in [0.05, 0.1) is 23.9 Å². The van der Waals surface area contributed by atoms with Crippen molar-refractivity contribution >= 4 is 11.8 Å². The molecule has 3 heterocycles. The molecule has 0 aliphatic carbocycles. The smallest absolute Gasteiger partial charge is 0.257 e. The van der Waals surface area contributed by atoms with Gasteiger partial charge in [-0.05, 0) is 31.4 Å². The Balaban J connectivity index is 1.52. The molecule has 7 heteroatoms. The van der Waals surface area contributed by atoms with Crippen LogP contribution in [0.2, 0.25) is 0 Å². The molecule has 4 rings (SSSR count). The Morgan fingerprint density at radius 2 is 2.14 bits per heavy atom. The van der Waals surface area contributed by atoms with Gasteiger partial charge < -0.3 is 15.0 Å². The lowest BCUT2D eigenvalue weighted by atomic mass is 9.88. The first-order chi connectivity index (χ1) is 14.1. The van der Waals surface area contributed by atoms with E-state index in [1.54, 1.807) is 30.2 Å². The molecule has 29 heavy (non-hydrogen) atoms. The highest BCUT2D eigenvalue weighted by atomic mass is 16.5. The highest BCUT2D eigenvalue weighted by Gasteiger charge is 2.33. The lowest BCUT2D eigenvalue weighted by Gasteiger charge is -2.38. The number of carbonyl (C=O) groups excluding carboxylic acids is 2. The van der Waals surface area contributed by atoms with Crippen LogP contribution in [0.4, 0.5) is 0 Å². The fourth-order valence-electron chi connectivity index (χ4n) is 4.01. The van der Waals surface area contributed by atoms with Gasteiger partial charge in [-0.15, -0.1) is 0 Å². The zero-order valence-corrected chi connectivity index (χ0v) is 16.6. The number of nitrogens with one attached hydrogen (secondary N) is 1. The predicted molar refractivity (Wildman–Crippen MR) is 109 cm³/mol. The molecule has 2 aromatic rings. The van der Waals surface area contributed by atoms with Gasteiger partial charge in [0.15, 0.2) is 0 Å². The van der Waals surface area contributed by atoms with Crippen molar-refractivity contribution in [1.82, 2.24) is 20.0 Å². The third-order valence-electron chi connectivity index (χ3n) is 5.57. The largest absolute Gasteiger partial charge is 0.492 e. The number of nitrogens with zero attached hydrogens (tertiary/aromatic N) is 3. The summed E-state index contributed by atoms with van der Waals surface area (Å²) in [6.07, 6.45) is 9.92. The predicted octanol–water partition coefficient (Wildman–Crippen LogP) is 2.41. The van der Waals surface area contributed by atoms with Crippen LogP contribution < -0.4 is 10.1 Å². The Bertz CT molecular complexity index is 920. The third kappa shape index (κ3) is 4.34. The minimum absolute atomic E-state index is 0.00304. The van der Waals surface area contributed by atoms with E-state index in [0.717, 1.165) is 19.3 Å². The van der Waals surface area contributed by atoms with E-state index in [0.29, 0.717) is 36.6 Å². The molecular formula is C22H26N4O3. The fourth-order valence-corrected chi connectivity index (χ4v) is 4.01. The lowest BCUT2D eigenvalue weighted by molar-refractivity contribution is 0.0619. The van der Waals surface area contributed by atoms with Crippen molar-refractivity contribution in [1.29, 1.82) is 0 Å². The van der Waals surface area contributed by atoms with Crippen LogP contribution in [0.3, 0.4) is 0 Å². The first-order valence-electron chi connectivity index (χ1n) is 10.1. The first-order valence-corrected chi connectivity index (χ1v) is 10.1. The summed E-state index contributed by atoms with van der Waals surface area (Å²) >= 11 is 0. The molecule has 2 atom stereocenters. The number of rotatable bonds is 1. The van der Waals surface area contributed by atoms with Gasteiger partial charge in [-0.1, -0.05) is 24.3 Å². The zero-order chi connectivity index (χ0) is 20.2. The molecule has 0 radical (unpaired) electrons. The number of allylic oxidation sites excluding steroid dienone is 1. The number of para-hydroxylation sites is 1. The van der Waals surface area contributed by atoms with Crippen LogP contribution in [-0.2, 0) is 7.05 Å². The summed E-state index contributed by atoms with van der Waals surface area (Å²) in [4.78, 5) is 27.6. The molecule has 1 N–H and O–H groups in total. The molecule has 0 spiro atoms. The van der Waals surface area contributed by atoms with Gasteiger partial charge in [0.2, 0.25) is 0 Å². The monoisotopic (exact) mass is 394 g/mol. The van der Waals surface area contributed by atoms with Gasteiger partial charge >= 0.3 is 0 Å². The number of benzene rings is 1. The number of aromatic nitrogens is 2. The Morgan fingerprint density at radius 1 is 1.28 bits per heavy atom. The zero-order valence-electron chi connectivity index (χ0n) is 16.6. The summed E-state index contributed by atoms with van der Waals surface area (Å²) in [5, 5.41) is 7.29. The number of likely N-dealkylation sites (tertiary alicyclic amines) is 1. The van der Waals surface area contributed by atoms with Crippen molar-refractivity contribution in [2.75, 3.05) is 19.7 Å². The van der Waals surface area contributed by atoms with E-state index >= 15 is 0 Å². The van der Waals surface area contributed by atoms with E-state index in [1.165, 1.54) is 0 Å². The van der Waals surface area contributed by atoms with E-state index in [2.05, 4.69) is 22.6 Å². The van der Waals surface area contributed by atoms with Crippen LogP contribution in [0.25, 0.3) is 0 Å². The van der Waals surface area contributed by atoms with E-state index in [9.17, 15) is 9.59 Å². The maximum Gasteiger partial charge on any atom is 0.257 e. The normalized spacial score (nSPS) is 23.5. The Kier molecular flexibility index (Phi) is 5.64. The topological polar surface area (TPSA) is 76.5 Å². The molecule has 2 aliphatic rings. The molecule has 0 unspecified atom stereocenters. The van der Waals surface area contributed by atoms with Crippen LogP contribution in [0.15, 0.2) is 48.8 Å². The first kappa shape index (κ1) is 19.2. The van der Waals surface area contributed by atoms with E-state index in [-0.39, 0.29) is 23.8 Å². The summed E-state index contributed by atoms with van der Waals surface area (Å²) in [7, 11) is 1.80. The van der Waals surface area contributed by atoms with Crippen LogP contribution in [-0.4, -0.2) is 52.2 Å². The number of fused-ring (bicyclic) bond motifs is 2. The lowest BCUT2D eigenvalue weighted by Crippen LogP contribution is -2.52. The Labute approximate surface area is 170 Å². The second-order valence-corrected chi connectivity index (χ2v) is 7.62. The van der Waals surface area contributed by atoms with Crippen LogP contribution >= 0.6 is 0 Å². The minimum Gasteiger partial charge on any atom is -0.492 e. The fraction of sp³-hybridized carbons (Fsp3) is 0.409. The van der Waals surface area contributed by atoms with Gasteiger partial charge in [0.25, 0.3) is 11.8 Å². The van der Waals surface area contributed by atoms with Crippen molar-refractivity contribution in [2.24, 2.45) is 13.0 Å². The molecule has 0 bridgehead atoms. The molecular weight excluding hydrogens is 368 g/mol. The number of hydrogen-bond acceptors (Lipinski definition) is 4. The third-order valence-corrected chi connectivity index (χ3v) is 5.57. The minimum atomic E-state index is -0.118. The van der Waals surface area contributed by atoms with Crippen molar-refractivity contribution in [3.05, 3.63) is 59.9 Å². The quantitative estimate of drug-likeness (QED) is 0.754. The van der Waals surface area contributed by atoms with Crippen molar-refractivity contribution in [3.8, 4) is 5.75 Å². The highest BCUT2D eigenvalue weighted by Crippen LogP contribution is 2.25. The van der Waals surface area contributed by atoms with Gasteiger partial charge in [-0.2, -0.15) is 5.10 Å². The van der Waals surface area contributed by atoms with E-state index in [4.69, 9.17) is 4.74 Å². The number of piperidine rings is 1. The highest BCUT2D eigenvalue weighted by molar-refractivity contribution is 5.97. The molecule has 1 aromatic heterocycles. The summed E-state index contributed by atoms with van der Waals surface area (Å²) in [5.41, 5.74) is 1.16. The molecule has 7 nitrogen and oxygen atoms in total. The Morgan fingerprint density at radius 3 is 2.97 bits per heavy atom. The van der Waals surface area contributed by atoms with Crippen LogP contribution in [0.5, 0.6) is 5.75 Å². The van der Waals surface area contributed by atoms with Crippen LogP contribution in [0.1, 0.15) is 40.0 Å². The van der Waals surface area contributed by atoms with Gasteiger partial charge in [0.1, 0.15) is 5.75 Å². The number of ether oxygens (including phenoxy) is 1. The van der Waals surface area contributed by atoms with Crippen molar-refractivity contribution in [2.45, 2.75) is 25.3 Å². The van der Waals surface area contributed by atoms with Crippen LogP contribution in [0, 0.1) is 5.92 Å². The number of aryl methyl sites for hydroxylation is 1. The number of carbonyl (C=O) groups is 2. The second kappa shape index (κ2) is 8.51. The molecule has 2 amide bonds. The summed E-state index contributed by atoms with van der Waals surface area (Å²) in [6.45, 7) is 1.75. The SMILES string of the molecule is Cn1cc(C(=O)N2CC[C@H]3NC(=O)c4ccccc4OCC/C=C/C[C@H]3C2)cn1. The molecule has 0 saturated carbocycles. The van der Waals surface area contributed by atoms with E-state index in [1.807, 2.05) is 23.1 Å². The maximum absolute atomic E-state index is 12.9. The second-order valence-electron chi connectivity index (χ2n) is 7.62. The molecule has 152 valence electrons. The van der Waals surface area contributed by atoms with Gasteiger partial charge in [-0.25, -0.2) is 0 Å². The summed E-state index contributed by atoms with van der Waals surface area (Å²) in [5.74, 6) is 0.653. The average Bonchev–Trinajstić information content (AvgIpc) is 3.16.